The maximum Gasteiger partial charge on any atom is 0.0765 e. The predicted molar refractivity (Wildman–Crippen MR) is 150 cm³/mol. The number of nitrogens with one attached hydrogen (secondary N) is 1. The van der Waals surface area contributed by atoms with E-state index in [1.807, 2.05) is 39.2 Å². The van der Waals surface area contributed by atoms with Crippen LogP contribution in [0.15, 0.2) is 60.4 Å². The molecule has 1 aliphatic heterocycles. The number of likely N-dealkylation sites (tertiary alicyclic amines) is 1. The summed E-state index contributed by atoms with van der Waals surface area (Å²) in [5, 5.41) is 3.60. The second-order valence-electron chi connectivity index (χ2n) is 9.68. The topological polar surface area (TPSA) is 24.5 Å². The zero-order chi connectivity index (χ0) is 25.3. The highest BCUT2D eigenvalue weighted by Crippen LogP contribution is 2.28. The molecule has 1 heterocycles. The molecule has 3 nitrogen and oxygen atoms in total. The summed E-state index contributed by atoms with van der Waals surface area (Å²) in [5.41, 5.74) is 4.43. The summed E-state index contributed by atoms with van der Waals surface area (Å²) >= 11 is 0. The normalized spacial score (nSPS) is 18.7. The minimum atomic E-state index is 0.334. The van der Waals surface area contributed by atoms with E-state index in [0.29, 0.717) is 18.1 Å². The number of nitrogens with zero attached hydrogens (tertiary/aromatic N) is 1. The highest BCUT2D eigenvalue weighted by molar-refractivity contribution is 5.54. The number of hydrogen-bond acceptors (Lipinski definition) is 3. The first-order chi connectivity index (χ1) is 16.4. The van der Waals surface area contributed by atoms with Crippen molar-refractivity contribution in [3.05, 3.63) is 60.4 Å². The standard InChI is InChI=1S/C31H50N2O/c1-9-18-26(6)30(19-10-2)28(11-3)20-16-14-12-13-15-17-21-32-23-27(7)33-24-29(34-8)22-31(33)25(4)5/h9,11,18,25,29,31-32H,3,6-7,12-17,20-24H2,1-2,4-5,8H3/b18-9-,30-28+. The van der Waals surface area contributed by atoms with E-state index in [-0.39, 0.29) is 0 Å². The molecule has 0 aromatic rings. The van der Waals surface area contributed by atoms with E-state index < -0.39 is 0 Å². The fourth-order valence-corrected chi connectivity index (χ4v) is 4.70. The van der Waals surface area contributed by atoms with Gasteiger partial charge in [-0.15, -0.1) is 5.92 Å². The van der Waals surface area contributed by atoms with Crippen molar-refractivity contribution in [3.63, 3.8) is 0 Å². The minimum Gasteiger partial charge on any atom is -0.380 e. The SMILES string of the molecule is C=C/C(CCCCCCCCNCC(=C)N1CC(OC)CC1C(C)C)=C(/C#CC)C(=C)/C=C\C. The summed E-state index contributed by atoms with van der Waals surface area (Å²) in [6.45, 7) is 23.9. The molecule has 0 aliphatic carbocycles. The van der Waals surface area contributed by atoms with Crippen LogP contribution in [0.2, 0.25) is 0 Å². The minimum absolute atomic E-state index is 0.334. The van der Waals surface area contributed by atoms with Crippen LogP contribution in [-0.4, -0.2) is 43.8 Å². The largest absolute Gasteiger partial charge is 0.380 e. The average molecular weight is 467 g/mol. The Morgan fingerprint density at radius 1 is 1.15 bits per heavy atom. The van der Waals surface area contributed by atoms with Crippen molar-refractivity contribution >= 4 is 0 Å². The lowest BCUT2D eigenvalue weighted by atomic mass is 9.96. The Kier molecular flexibility index (Phi) is 15.4. The van der Waals surface area contributed by atoms with Gasteiger partial charge in [-0.05, 0) is 63.1 Å². The second-order valence-corrected chi connectivity index (χ2v) is 9.68. The Morgan fingerprint density at radius 3 is 2.41 bits per heavy atom. The Bertz CT molecular complexity index is 762. The fourth-order valence-electron chi connectivity index (χ4n) is 4.70. The molecule has 34 heavy (non-hydrogen) atoms. The highest BCUT2D eigenvalue weighted by Gasteiger charge is 2.34. The molecule has 1 fully saturated rings. The highest BCUT2D eigenvalue weighted by atomic mass is 16.5. The van der Waals surface area contributed by atoms with Gasteiger partial charge in [0.1, 0.15) is 0 Å². The lowest BCUT2D eigenvalue weighted by molar-refractivity contribution is 0.111. The molecule has 3 heteroatoms. The van der Waals surface area contributed by atoms with Gasteiger partial charge in [-0.1, -0.05) is 83.4 Å². The monoisotopic (exact) mass is 466 g/mol. The van der Waals surface area contributed by atoms with Gasteiger partial charge in [0.15, 0.2) is 0 Å². The molecule has 1 saturated heterocycles. The molecule has 0 aromatic carbocycles. The zero-order valence-corrected chi connectivity index (χ0v) is 22.7. The lowest BCUT2D eigenvalue weighted by Gasteiger charge is -2.31. The first-order valence-electron chi connectivity index (χ1n) is 13.2. The van der Waals surface area contributed by atoms with Crippen molar-refractivity contribution in [2.75, 3.05) is 26.7 Å². The Hall–Kier alpha value is -2.02. The molecule has 1 rings (SSSR count). The van der Waals surface area contributed by atoms with E-state index in [9.17, 15) is 0 Å². The molecule has 0 radical (unpaired) electrons. The van der Waals surface area contributed by atoms with Crippen molar-refractivity contribution in [1.29, 1.82) is 0 Å². The van der Waals surface area contributed by atoms with E-state index in [2.05, 4.69) is 55.6 Å². The van der Waals surface area contributed by atoms with E-state index in [1.165, 1.54) is 49.8 Å². The van der Waals surface area contributed by atoms with Crippen LogP contribution < -0.4 is 5.32 Å². The summed E-state index contributed by atoms with van der Waals surface area (Å²) in [7, 11) is 1.82. The average Bonchev–Trinajstić information content (AvgIpc) is 3.27. The summed E-state index contributed by atoms with van der Waals surface area (Å²) in [6.07, 6.45) is 15.9. The number of rotatable bonds is 17. The fraction of sp³-hybridized carbons (Fsp3) is 0.613. The van der Waals surface area contributed by atoms with Crippen molar-refractivity contribution in [1.82, 2.24) is 10.2 Å². The number of ether oxygens (including phenoxy) is 1. The summed E-state index contributed by atoms with van der Waals surface area (Å²) < 4.78 is 5.61. The van der Waals surface area contributed by atoms with Gasteiger partial charge in [0.2, 0.25) is 0 Å². The smallest absolute Gasteiger partial charge is 0.0765 e. The Labute approximate surface area is 211 Å². The number of allylic oxidation sites excluding steroid dienone is 6. The molecule has 190 valence electrons. The molecule has 1 N–H and O–H groups in total. The van der Waals surface area contributed by atoms with Gasteiger partial charge in [-0.3, -0.25) is 0 Å². The summed E-state index contributed by atoms with van der Waals surface area (Å²) in [5.74, 6) is 6.86. The predicted octanol–water partition coefficient (Wildman–Crippen LogP) is 7.20. The third kappa shape index (κ3) is 10.5. The van der Waals surface area contributed by atoms with Gasteiger partial charge in [-0.2, -0.15) is 0 Å². The third-order valence-electron chi connectivity index (χ3n) is 6.70. The van der Waals surface area contributed by atoms with E-state index in [1.54, 1.807) is 0 Å². The van der Waals surface area contributed by atoms with Crippen LogP contribution in [0.1, 0.15) is 79.1 Å². The van der Waals surface area contributed by atoms with Crippen molar-refractivity contribution in [2.24, 2.45) is 5.92 Å². The van der Waals surface area contributed by atoms with Gasteiger partial charge in [0.05, 0.1) is 6.10 Å². The lowest BCUT2D eigenvalue weighted by Crippen LogP contribution is -2.36. The molecule has 0 spiro atoms. The van der Waals surface area contributed by atoms with Gasteiger partial charge in [-0.25, -0.2) is 0 Å². The van der Waals surface area contributed by atoms with Crippen LogP contribution >= 0.6 is 0 Å². The van der Waals surface area contributed by atoms with Crippen LogP contribution in [0.25, 0.3) is 0 Å². The summed E-state index contributed by atoms with van der Waals surface area (Å²) in [6, 6.07) is 0.543. The van der Waals surface area contributed by atoms with Crippen molar-refractivity contribution in [2.45, 2.75) is 91.2 Å². The van der Waals surface area contributed by atoms with E-state index >= 15 is 0 Å². The zero-order valence-electron chi connectivity index (χ0n) is 22.7. The Balaban J connectivity index is 2.23. The van der Waals surface area contributed by atoms with Crippen molar-refractivity contribution < 1.29 is 4.74 Å². The van der Waals surface area contributed by atoms with Crippen LogP contribution in [0.5, 0.6) is 0 Å². The number of unbranched alkanes of at least 4 members (excludes halogenated alkanes) is 5. The molecule has 0 bridgehead atoms. The molecule has 0 aromatic heterocycles. The summed E-state index contributed by atoms with van der Waals surface area (Å²) in [4.78, 5) is 2.46. The molecule has 2 atom stereocenters. The van der Waals surface area contributed by atoms with E-state index in [0.717, 1.165) is 43.6 Å². The molecule has 1 aliphatic rings. The van der Waals surface area contributed by atoms with E-state index in [4.69, 9.17) is 4.74 Å². The van der Waals surface area contributed by atoms with Crippen LogP contribution in [-0.2, 0) is 4.74 Å². The Morgan fingerprint density at radius 2 is 1.82 bits per heavy atom. The number of hydrogen-bond donors (Lipinski definition) is 1. The molecule has 0 saturated carbocycles. The van der Waals surface area contributed by atoms with Crippen LogP contribution in [0.3, 0.4) is 0 Å². The molecular formula is C31H50N2O. The van der Waals surface area contributed by atoms with Crippen LogP contribution in [0, 0.1) is 17.8 Å². The molecule has 2 unspecified atom stereocenters. The first kappa shape index (κ1) is 30.0. The van der Waals surface area contributed by atoms with Crippen molar-refractivity contribution in [3.8, 4) is 11.8 Å². The molecular weight excluding hydrogens is 416 g/mol. The quantitative estimate of drug-likeness (QED) is 0.139. The van der Waals surface area contributed by atoms with Crippen LogP contribution in [0.4, 0.5) is 0 Å². The maximum absolute atomic E-state index is 5.61. The molecule has 0 amide bonds. The van der Waals surface area contributed by atoms with Gasteiger partial charge in [0.25, 0.3) is 0 Å². The van der Waals surface area contributed by atoms with Gasteiger partial charge < -0.3 is 15.0 Å². The number of methoxy groups -OCH3 is 1. The maximum atomic E-state index is 5.61. The van der Waals surface area contributed by atoms with Gasteiger partial charge in [0, 0.05) is 37.5 Å². The van der Waals surface area contributed by atoms with Gasteiger partial charge >= 0.3 is 0 Å². The third-order valence-corrected chi connectivity index (χ3v) is 6.70. The second kappa shape index (κ2) is 17.4. The first-order valence-corrected chi connectivity index (χ1v) is 13.2.